The monoisotopic (exact) mass is 318 g/mol. The number of carbonyl (C=O) groups excluding carboxylic acids is 1. The van der Waals surface area contributed by atoms with Gasteiger partial charge in [0.05, 0.1) is 16.7 Å². The van der Waals surface area contributed by atoms with Crippen LogP contribution in [0, 0.1) is 5.41 Å². The largest absolute Gasteiger partial charge is 0.506 e. The van der Waals surface area contributed by atoms with Crippen LogP contribution in [0.5, 0.6) is 5.75 Å². The van der Waals surface area contributed by atoms with Crippen molar-refractivity contribution in [3.05, 3.63) is 23.8 Å². The van der Waals surface area contributed by atoms with Crippen LogP contribution in [0.4, 0.5) is 5.69 Å². The van der Waals surface area contributed by atoms with Gasteiger partial charge in [-0.25, -0.2) is 0 Å². The van der Waals surface area contributed by atoms with Crippen LogP contribution in [0.15, 0.2) is 18.2 Å². The van der Waals surface area contributed by atoms with Crippen molar-refractivity contribution in [3.63, 3.8) is 0 Å². The summed E-state index contributed by atoms with van der Waals surface area (Å²) in [7, 11) is 0. The summed E-state index contributed by atoms with van der Waals surface area (Å²) in [6.07, 6.45) is 4.42. The Morgan fingerprint density at radius 3 is 2.52 bits per heavy atom. The maximum absolute atomic E-state index is 13.0. The molecule has 3 rings (SSSR count). The zero-order valence-electron chi connectivity index (χ0n) is 13.7. The molecule has 5 nitrogen and oxygen atoms in total. The molecule has 1 amide bonds. The van der Waals surface area contributed by atoms with Gasteiger partial charge in [-0.2, -0.15) is 0 Å². The lowest BCUT2D eigenvalue weighted by molar-refractivity contribution is -0.167. The Bertz CT molecular complexity index is 590. The summed E-state index contributed by atoms with van der Waals surface area (Å²) in [5, 5.41) is 27.2. The number of benzene rings is 1. The van der Waals surface area contributed by atoms with Crippen molar-refractivity contribution in [1.82, 2.24) is 5.32 Å². The Morgan fingerprint density at radius 1 is 1.26 bits per heavy atom. The number of hydrogen-bond donors (Lipinski definition) is 4. The number of aromatic hydroxyl groups is 1. The summed E-state index contributed by atoms with van der Waals surface area (Å²) in [5.41, 5.74) is -0.165. The summed E-state index contributed by atoms with van der Waals surface area (Å²) in [4.78, 5) is 13.0. The van der Waals surface area contributed by atoms with Crippen molar-refractivity contribution >= 4 is 11.6 Å². The molecule has 5 heteroatoms. The highest BCUT2D eigenvalue weighted by Crippen LogP contribution is 2.53. The van der Waals surface area contributed by atoms with E-state index in [0.29, 0.717) is 31.4 Å². The minimum Gasteiger partial charge on any atom is -0.506 e. The van der Waals surface area contributed by atoms with E-state index >= 15 is 0 Å². The molecular formula is C18H26N2O3. The molecule has 1 aromatic rings. The molecule has 1 heterocycles. The van der Waals surface area contributed by atoms with Gasteiger partial charge in [0.1, 0.15) is 5.75 Å². The quantitative estimate of drug-likeness (QED) is 0.641. The Hall–Kier alpha value is -1.59. The van der Waals surface area contributed by atoms with Crippen LogP contribution in [-0.2, 0) is 11.2 Å². The number of amides is 1. The topological polar surface area (TPSA) is 81.6 Å². The molecule has 2 fully saturated rings. The molecule has 23 heavy (non-hydrogen) atoms. The number of phenols is 1. The number of phenolic OH excluding ortho intramolecular Hbond substituents is 1. The van der Waals surface area contributed by atoms with E-state index in [1.807, 2.05) is 19.1 Å². The minimum atomic E-state index is -0.946. The molecule has 0 bridgehead atoms. The van der Waals surface area contributed by atoms with Gasteiger partial charge >= 0.3 is 0 Å². The highest BCUT2D eigenvalue weighted by Gasteiger charge is 2.58. The maximum atomic E-state index is 13.0. The van der Waals surface area contributed by atoms with Crippen LogP contribution in [0.2, 0.25) is 0 Å². The summed E-state index contributed by atoms with van der Waals surface area (Å²) < 4.78 is 0. The first kappa shape index (κ1) is 16.3. The van der Waals surface area contributed by atoms with E-state index in [0.717, 1.165) is 31.5 Å². The maximum Gasteiger partial charge on any atom is 0.233 e. The lowest BCUT2D eigenvalue weighted by Gasteiger charge is -2.53. The lowest BCUT2D eigenvalue weighted by Crippen LogP contribution is -2.62. The normalized spacial score (nSPS) is 22.2. The average Bonchev–Trinajstić information content (AvgIpc) is 2.48. The number of anilines is 1. The number of aliphatic hydroxyl groups is 1. The third-order valence-electron chi connectivity index (χ3n) is 5.68. The van der Waals surface area contributed by atoms with E-state index in [2.05, 4.69) is 10.6 Å². The fourth-order valence-corrected chi connectivity index (χ4v) is 3.90. The summed E-state index contributed by atoms with van der Waals surface area (Å²) >= 11 is 0. The second kappa shape index (κ2) is 6.13. The predicted octanol–water partition coefficient (Wildman–Crippen LogP) is 2.18. The molecule has 1 aliphatic carbocycles. The van der Waals surface area contributed by atoms with E-state index < -0.39 is 11.0 Å². The Kier molecular flexibility index (Phi) is 4.34. The third kappa shape index (κ3) is 2.72. The first-order chi connectivity index (χ1) is 11.0. The highest BCUT2D eigenvalue weighted by atomic mass is 16.3. The average molecular weight is 318 g/mol. The van der Waals surface area contributed by atoms with E-state index in [1.165, 1.54) is 0 Å². The summed E-state index contributed by atoms with van der Waals surface area (Å²) in [5.74, 6) is -0.0842. The molecule has 0 unspecified atom stereocenters. The van der Waals surface area contributed by atoms with Crippen molar-refractivity contribution in [2.45, 2.75) is 51.0 Å². The SMILES string of the molecule is CCc1ccc(O)c(NC(=O)C2(C3(O)CCNCC3)CCC2)c1. The molecule has 0 spiro atoms. The molecule has 1 saturated heterocycles. The van der Waals surface area contributed by atoms with E-state index in [-0.39, 0.29) is 11.7 Å². The molecule has 1 aromatic carbocycles. The second-order valence-electron chi connectivity index (χ2n) is 6.88. The standard InChI is InChI=1S/C18H26N2O3/c1-2-13-4-5-15(21)14(12-13)20-16(22)17(6-3-7-17)18(23)8-10-19-11-9-18/h4-5,12,19,21,23H,2-3,6-11H2,1H3,(H,20,22). The van der Waals surface area contributed by atoms with Crippen LogP contribution in [0.3, 0.4) is 0 Å². The van der Waals surface area contributed by atoms with E-state index in [1.54, 1.807) is 6.07 Å². The molecule has 0 atom stereocenters. The second-order valence-corrected chi connectivity index (χ2v) is 6.88. The number of aryl methyl sites for hydroxylation is 1. The van der Waals surface area contributed by atoms with Gasteiger partial charge in [-0.05, 0) is 62.9 Å². The fourth-order valence-electron chi connectivity index (χ4n) is 3.90. The fraction of sp³-hybridized carbons (Fsp3) is 0.611. The first-order valence-electron chi connectivity index (χ1n) is 8.57. The Morgan fingerprint density at radius 2 is 1.96 bits per heavy atom. The molecule has 2 aliphatic rings. The van der Waals surface area contributed by atoms with Crippen molar-refractivity contribution < 1.29 is 15.0 Å². The molecule has 1 saturated carbocycles. The van der Waals surface area contributed by atoms with Crippen LogP contribution in [0.1, 0.15) is 44.6 Å². The number of piperidine rings is 1. The van der Waals surface area contributed by atoms with Crippen LogP contribution in [0.25, 0.3) is 0 Å². The number of hydrogen-bond acceptors (Lipinski definition) is 4. The third-order valence-corrected chi connectivity index (χ3v) is 5.68. The van der Waals surface area contributed by atoms with Gasteiger partial charge in [0.15, 0.2) is 0 Å². The van der Waals surface area contributed by atoms with Gasteiger partial charge in [0, 0.05) is 0 Å². The predicted molar refractivity (Wildman–Crippen MR) is 89.5 cm³/mol. The van der Waals surface area contributed by atoms with Crippen LogP contribution < -0.4 is 10.6 Å². The molecule has 0 aromatic heterocycles. The van der Waals surface area contributed by atoms with Crippen molar-refractivity contribution in [2.24, 2.45) is 5.41 Å². The molecule has 4 N–H and O–H groups in total. The van der Waals surface area contributed by atoms with Crippen LogP contribution in [-0.4, -0.2) is 34.8 Å². The van der Waals surface area contributed by atoms with Gasteiger partial charge < -0.3 is 20.8 Å². The highest BCUT2D eigenvalue weighted by molar-refractivity contribution is 5.98. The van der Waals surface area contributed by atoms with Gasteiger partial charge in [-0.1, -0.05) is 19.4 Å². The molecule has 126 valence electrons. The smallest absolute Gasteiger partial charge is 0.233 e. The minimum absolute atomic E-state index is 0.0716. The molecular weight excluding hydrogens is 292 g/mol. The van der Waals surface area contributed by atoms with E-state index in [9.17, 15) is 15.0 Å². The van der Waals surface area contributed by atoms with Gasteiger partial charge in [0.2, 0.25) is 5.91 Å². The summed E-state index contributed by atoms with van der Waals surface area (Å²) in [6, 6.07) is 5.28. The number of carbonyl (C=O) groups is 1. The lowest BCUT2D eigenvalue weighted by atomic mass is 9.55. The van der Waals surface area contributed by atoms with Gasteiger partial charge in [-0.15, -0.1) is 0 Å². The van der Waals surface area contributed by atoms with Crippen molar-refractivity contribution in [3.8, 4) is 5.75 Å². The van der Waals surface area contributed by atoms with Crippen molar-refractivity contribution in [2.75, 3.05) is 18.4 Å². The Balaban J connectivity index is 1.83. The molecule has 0 radical (unpaired) electrons. The number of nitrogens with one attached hydrogen (secondary N) is 2. The first-order valence-corrected chi connectivity index (χ1v) is 8.57. The molecule has 1 aliphatic heterocycles. The zero-order chi connectivity index (χ0) is 16.5. The van der Waals surface area contributed by atoms with Gasteiger partial charge in [0.25, 0.3) is 0 Å². The van der Waals surface area contributed by atoms with Crippen LogP contribution >= 0.6 is 0 Å². The van der Waals surface area contributed by atoms with Crippen molar-refractivity contribution in [1.29, 1.82) is 0 Å². The Labute approximate surface area is 137 Å². The van der Waals surface area contributed by atoms with Gasteiger partial charge in [-0.3, -0.25) is 4.79 Å². The number of rotatable bonds is 4. The summed E-state index contributed by atoms with van der Waals surface area (Å²) in [6.45, 7) is 3.51. The van der Waals surface area contributed by atoms with E-state index in [4.69, 9.17) is 0 Å². The zero-order valence-corrected chi connectivity index (χ0v) is 13.7.